The predicted molar refractivity (Wildman–Crippen MR) is 63.6 cm³/mol. The summed E-state index contributed by atoms with van der Waals surface area (Å²) in [7, 11) is 0. The van der Waals surface area contributed by atoms with Crippen molar-refractivity contribution in [3.8, 4) is 0 Å². The highest BCUT2D eigenvalue weighted by atomic mass is 35.5. The first-order valence-electron chi connectivity index (χ1n) is 4.94. The van der Waals surface area contributed by atoms with E-state index in [0.29, 0.717) is 12.4 Å². The number of benzene rings is 1. The number of hydrogen-bond donors (Lipinski definition) is 1. The normalized spacial score (nSPS) is 12.3. The summed E-state index contributed by atoms with van der Waals surface area (Å²) < 4.78 is 26.4. The lowest BCUT2D eigenvalue weighted by molar-refractivity contribution is 0.0944. The first-order chi connectivity index (χ1) is 7.95. The van der Waals surface area contributed by atoms with E-state index in [0.717, 1.165) is 12.1 Å². The Hall–Kier alpha value is -0.870. The molecule has 0 aliphatic heterocycles. The Bertz CT molecular complexity index is 426. The summed E-state index contributed by atoms with van der Waals surface area (Å²) >= 11 is 10.9. The summed E-state index contributed by atoms with van der Waals surface area (Å²) in [5, 5.41) is 2.11. The molecule has 2 nitrogen and oxygen atoms in total. The van der Waals surface area contributed by atoms with Gasteiger partial charge in [0.1, 0.15) is 11.6 Å². The Kier molecular flexibility index (Phi) is 5.15. The topological polar surface area (TPSA) is 29.1 Å². The van der Waals surface area contributed by atoms with Crippen LogP contribution in [0.1, 0.15) is 17.3 Å². The minimum Gasteiger partial charge on any atom is -0.352 e. The third kappa shape index (κ3) is 3.82. The van der Waals surface area contributed by atoms with Crippen molar-refractivity contribution >= 4 is 29.1 Å². The van der Waals surface area contributed by atoms with E-state index < -0.39 is 17.5 Å². The van der Waals surface area contributed by atoms with Gasteiger partial charge in [0.2, 0.25) is 0 Å². The van der Waals surface area contributed by atoms with Gasteiger partial charge in [-0.15, -0.1) is 11.6 Å². The Morgan fingerprint density at radius 1 is 1.41 bits per heavy atom. The maximum atomic E-state index is 13.3. The lowest BCUT2D eigenvalue weighted by atomic mass is 10.1. The van der Waals surface area contributed by atoms with Crippen LogP contribution >= 0.6 is 23.2 Å². The van der Waals surface area contributed by atoms with Crippen LogP contribution in [0.25, 0.3) is 0 Å². The van der Waals surface area contributed by atoms with Crippen LogP contribution in [0.4, 0.5) is 8.78 Å². The van der Waals surface area contributed by atoms with E-state index in [4.69, 9.17) is 23.2 Å². The summed E-state index contributed by atoms with van der Waals surface area (Å²) in [6.45, 7) is 2.12. The first-order valence-corrected chi connectivity index (χ1v) is 5.85. The summed E-state index contributed by atoms with van der Waals surface area (Å²) in [6, 6.07) is 1.55. The molecule has 0 saturated carbocycles. The largest absolute Gasteiger partial charge is 0.352 e. The molecule has 1 aromatic carbocycles. The molecule has 1 N–H and O–H groups in total. The van der Waals surface area contributed by atoms with Gasteiger partial charge in [0, 0.05) is 12.4 Å². The molecule has 17 heavy (non-hydrogen) atoms. The zero-order valence-electron chi connectivity index (χ0n) is 9.07. The predicted octanol–water partition coefficient (Wildman–Crippen LogP) is 3.22. The fraction of sp³-hybridized carbons (Fsp3) is 0.364. The van der Waals surface area contributed by atoms with Crippen molar-refractivity contribution in [2.75, 3.05) is 12.4 Å². The van der Waals surface area contributed by atoms with Crippen molar-refractivity contribution in [1.82, 2.24) is 5.32 Å². The molecule has 0 heterocycles. The van der Waals surface area contributed by atoms with E-state index >= 15 is 0 Å². The Morgan fingerprint density at radius 3 is 2.65 bits per heavy atom. The highest BCUT2D eigenvalue weighted by Crippen LogP contribution is 2.19. The molecule has 0 aliphatic rings. The van der Waals surface area contributed by atoms with Crippen molar-refractivity contribution in [2.45, 2.75) is 6.92 Å². The monoisotopic (exact) mass is 281 g/mol. The molecule has 0 fully saturated rings. The van der Waals surface area contributed by atoms with Gasteiger partial charge in [-0.05, 0) is 18.1 Å². The molecular weight excluding hydrogens is 271 g/mol. The molecule has 6 heteroatoms. The van der Waals surface area contributed by atoms with Gasteiger partial charge in [-0.3, -0.25) is 4.79 Å². The fourth-order valence-corrected chi connectivity index (χ4v) is 1.37. The van der Waals surface area contributed by atoms with Crippen LogP contribution in [-0.2, 0) is 0 Å². The molecule has 1 unspecified atom stereocenters. The van der Waals surface area contributed by atoms with Gasteiger partial charge < -0.3 is 5.32 Å². The van der Waals surface area contributed by atoms with Crippen LogP contribution in [0.2, 0.25) is 5.02 Å². The molecule has 0 spiro atoms. The van der Waals surface area contributed by atoms with Crippen LogP contribution in [0.3, 0.4) is 0 Å². The van der Waals surface area contributed by atoms with Gasteiger partial charge in [-0.25, -0.2) is 8.78 Å². The maximum absolute atomic E-state index is 13.3. The van der Waals surface area contributed by atoms with E-state index in [1.54, 1.807) is 0 Å². The molecule has 94 valence electrons. The SMILES string of the molecule is CC(CCl)CNC(=O)c1cc(F)c(Cl)cc1F. The quantitative estimate of drug-likeness (QED) is 0.666. The smallest absolute Gasteiger partial charge is 0.254 e. The number of carbonyl (C=O) groups is 1. The highest BCUT2D eigenvalue weighted by molar-refractivity contribution is 6.30. The second-order valence-electron chi connectivity index (χ2n) is 3.72. The number of hydrogen-bond acceptors (Lipinski definition) is 1. The number of nitrogens with one attached hydrogen (secondary N) is 1. The third-order valence-electron chi connectivity index (χ3n) is 2.13. The highest BCUT2D eigenvalue weighted by Gasteiger charge is 2.15. The number of halogens is 4. The van der Waals surface area contributed by atoms with Gasteiger partial charge in [0.05, 0.1) is 10.6 Å². The lowest BCUT2D eigenvalue weighted by Crippen LogP contribution is -2.29. The Morgan fingerprint density at radius 2 is 2.06 bits per heavy atom. The molecule has 0 bridgehead atoms. The van der Waals surface area contributed by atoms with Crippen LogP contribution in [-0.4, -0.2) is 18.3 Å². The van der Waals surface area contributed by atoms with Gasteiger partial charge >= 0.3 is 0 Å². The Balaban J connectivity index is 2.79. The number of carbonyl (C=O) groups excluding carboxylic acids is 1. The van der Waals surface area contributed by atoms with E-state index in [-0.39, 0.29) is 16.5 Å². The van der Waals surface area contributed by atoms with Crippen molar-refractivity contribution < 1.29 is 13.6 Å². The zero-order valence-corrected chi connectivity index (χ0v) is 10.6. The van der Waals surface area contributed by atoms with Gasteiger partial charge in [0.25, 0.3) is 5.91 Å². The van der Waals surface area contributed by atoms with E-state index in [2.05, 4.69) is 5.32 Å². The average molecular weight is 282 g/mol. The van der Waals surface area contributed by atoms with Crippen LogP contribution in [0, 0.1) is 17.6 Å². The number of alkyl halides is 1. The van der Waals surface area contributed by atoms with E-state index in [9.17, 15) is 13.6 Å². The minimum absolute atomic E-state index is 0.0563. The maximum Gasteiger partial charge on any atom is 0.254 e. The summed E-state index contributed by atoms with van der Waals surface area (Å²) in [6.07, 6.45) is 0. The molecule has 0 aliphatic carbocycles. The van der Waals surface area contributed by atoms with Crippen LogP contribution < -0.4 is 5.32 Å². The average Bonchev–Trinajstić information content (AvgIpc) is 2.30. The second kappa shape index (κ2) is 6.17. The first kappa shape index (κ1) is 14.2. The van der Waals surface area contributed by atoms with Crippen molar-refractivity contribution in [1.29, 1.82) is 0 Å². The molecule has 1 rings (SSSR count). The molecule has 0 aromatic heterocycles. The van der Waals surface area contributed by atoms with Crippen LogP contribution in [0.15, 0.2) is 12.1 Å². The molecule has 1 amide bonds. The van der Waals surface area contributed by atoms with Crippen molar-refractivity contribution in [2.24, 2.45) is 5.92 Å². The fourth-order valence-electron chi connectivity index (χ4n) is 1.11. The molecule has 1 aromatic rings. The van der Waals surface area contributed by atoms with Crippen molar-refractivity contribution in [3.63, 3.8) is 0 Å². The Labute approximate surface area is 108 Å². The molecule has 1 atom stereocenters. The third-order valence-corrected chi connectivity index (χ3v) is 2.95. The lowest BCUT2D eigenvalue weighted by Gasteiger charge is -2.10. The van der Waals surface area contributed by atoms with Crippen LogP contribution in [0.5, 0.6) is 0 Å². The number of rotatable bonds is 4. The summed E-state index contributed by atoms with van der Waals surface area (Å²) in [5.74, 6) is -1.94. The molecule has 0 radical (unpaired) electrons. The molecule has 0 saturated heterocycles. The van der Waals surface area contributed by atoms with Crippen molar-refractivity contribution in [3.05, 3.63) is 34.4 Å². The zero-order chi connectivity index (χ0) is 13.0. The number of amides is 1. The van der Waals surface area contributed by atoms with E-state index in [1.165, 1.54) is 0 Å². The minimum atomic E-state index is -0.854. The van der Waals surface area contributed by atoms with Gasteiger partial charge in [-0.1, -0.05) is 18.5 Å². The summed E-state index contributed by atoms with van der Waals surface area (Å²) in [5.41, 5.74) is -0.367. The second-order valence-corrected chi connectivity index (χ2v) is 4.43. The van der Waals surface area contributed by atoms with Gasteiger partial charge in [0.15, 0.2) is 0 Å². The van der Waals surface area contributed by atoms with Gasteiger partial charge in [-0.2, -0.15) is 0 Å². The molecular formula is C11H11Cl2F2NO. The summed E-state index contributed by atoms with van der Waals surface area (Å²) in [4.78, 5) is 11.5. The standard InChI is InChI=1S/C11H11Cl2F2NO/c1-6(4-12)5-16-11(17)7-2-10(15)8(13)3-9(7)14/h2-3,6H,4-5H2,1H3,(H,16,17). The van der Waals surface area contributed by atoms with E-state index in [1.807, 2.05) is 6.92 Å².